The smallest absolute Gasteiger partial charge is 0.248 e. The van der Waals surface area contributed by atoms with Crippen LogP contribution in [0.2, 0.25) is 5.02 Å². The quantitative estimate of drug-likeness (QED) is 0.435. The average Bonchev–Trinajstić information content (AvgIpc) is 2.66. The van der Waals surface area contributed by atoms with Gasteiger partial charge in [-0.3, -0.25) is 9.59 Å². The van der Waals surface area contributed by atoms with Crippen LogP contribution in [0.5, 0.6) is 5.75 Å². The fourth-order valence-corrected chi connectivity index (χ4v) is 4.57. The van der Waals surface area contributed by atoms with Crippen molar-refractivity contribution in [3.05, 3.63) is 59.1 Å². The van der Waals surface area contributed by atoms with Crippen molar-refractivity contribution in [2.24, 2.45) is 0 Å². The van der Waals surface area contributed by atoms with Gasteiger partial charge in [0.05, 0.1) is 21.3 Å². The van der Waals surface area contributed by atoms with Gasteiger partial charge in [-0.15, -0.1) is 0 Å². The molecule has 0 radical (unpaired) electrons. The van der Waals surface area contributed by atoms with Gasteiger partial charge in [-0.25, -0.2) is 8.42 Å². The van der Waals surface area contributed by atoms with Crippen molar-refractivity contribution in [1.82, 2.24) is 0 Å². The van der Waals surface area contributed by atoms with E-state index < -0.39 is 26.9 Å². The number of phenols is 1. The number of halogens is 1. The average molecular weight is 451 g/mol. The molecule has 0 bridgehead atoms. The zero-order valence-corrected chi connectivity index (χ0v) is 18.3. The van der Waals surface area contributed by atoms with E-state index in [1.807, 2.05) is 6.92 Å². The van der Waals surface area contributed by atoms with Gasteiger partial charge < -0.3 is 15.7 Å². The minimum Gasteiger partial charge on any atom is -0.506 e. The normalized spacial score (nSPS) is 12.5. The first-order valence-corrected chi connectivity index (χ1v) is 11.1. The first-order chi connectivity index (χ1) is 14.1. The van der Waals surface area contributed by atoms with E-state index >= 15 is 0 Å². The van der Waals surface area contributed by atoms with E-state index in [-0.39, 0.29) is 33.5 Å². The van der Waals surface area contributed by atoms with Gasteiger partial charge in [-0.2, -0.15) is 0 Å². The number of aryl methyl sites for hydroxylation is 1. The van der Waals surface area contributed by atoms with Gasteiger partial charge in [0.15, 0.2) is 9.84 Å². The lowest BCUT2D eigenvalue weighted by Gasteiger charge is -2.17. The number of hydrogen-bond acceptors (Lipinski definition) is 5. The maximum Gasteiger partial charge on any atom is 0.248 e. The topological polar surface area (TPSA) is 113 Å². The minimum absolute atomic E-state index is 0.0273. The monoisotopic (exact) mass is 450 g/mol. The first kappa shape index (κ1) is 23.4. The Morgan fingerprint density at radius 1 is 1.13 bits per heavy atom. The number of carbonyl (C=O) groups is 2. The molecule has 160 valence electrons. The lowest BCUT2D eigenvalue weighted by atomic mass is 10.2. The number of allylic oxidation sites excluding steroid dienone is 1. The third-order valence-electron chi connectivity index (χ3n) is 4.31. The van der Waals surface area contributed by atoms with Crippen LogP contribution in [0.4, 0.5) is 11.4 Å². The van der Waals surface area contributed by atoms with Crippen LogP contribution >= 0.6 is 11.6 Å². The molecule has 7 nitrogen and oxygen atoms in total. The largest absolute Gasteiger partial charge is 0.506 e. The van der Waals surface area contributed by atoms with E-state index in [2.05, 4.69) is 10.6 Å². The minimum atomic E-state index is -3.92. The Bertz CT molecular complexity index is 1080. The predicted molar refractivity (Wildman–Crippen MR) is 118 cm³/mol. The Kier molecular flexibility index (Phi) is 7.64. The molecular weight excluding hydrogens is 428 g/mol. The van der Waals surface area contributed by atoms with Crippen molar-refractivity contribution in [2.75, 3.05) is 10.6 Å². The van der Waals surface area contributed by atoms with Gasteiger partial charge in [0.1, 0.15) is 11.0 Å². The molecule has 1 atom stereocenters. The molecule has 2 rings (SSSR count). The summed E-state index contributed by atoms with van der Waals surface area (Å²) in [5.74, 6) is -1.57. The molecule has 30 heavy (non-hydrogen) atoms. The number of aromatic hydroxyl groups is 1. The highest BCUT2D eigenvalue weighted by Gasteiger charge is 2.33. The number of amides is 2. The van der Waals surface area contributed by atoms with E-state index in [0.717, 1.165) is 11.6 Å². The third-order valence-corrected chi connectivity index (χ3v) is 6.84. The maximum absolute atomic E-state index is 12.9. The van der Waals surface area contributed by atoms with Crippen LogP contribution in [0.15, 0.2) is 53.4 Å². The molecule has 0 spiro atoms. The maximum atomic E-state index is 12.9. The second kappa shape index (κ2) is 9.77. The summed E-state index contributed by atoms with van der Waals surface area (Å²) < 4.78 is 25.8. The lowest BCUT2D eigenvalue weighted by Crippen LogP contribution is -2.34. The SMILES string of the molecule is C/C=C/C(=O)Nc1cc(Cl)c(NC(=O)C(CC)S(=O)(=O)c2ccc(C)cc2)cc1O. The molecule has 0 aromatic heterocycles. The van der Waals surface area contributed by atoms with Gasteiger partial charge in [0.25, 0.3) is 0 Å². The zero-order chi connectivity index (χ0) is 22.5. The van der Waals surface area contributed by atoms with E-state index in [9.17, 15) is 23.1 Å². The van der Waals surface area contributed by atoms with Crippen molar-refractivity contribution in [3.8, 4) is 5.75 Å². The lowest BCUT2D eigenvalue weighted by molar-refractivity contribution is -0.116. The summed E-state index contributed by atoms with van der Waals surface area (Å²) in [5, 5.41) is 13.7. The first-order valence-electron chi connectivity index (χ1n) is 9.17. The number of carbonyl (C=O) groups excluding carboxylic acids is 2. The van der Waals surface area contributed by atoms with Crippen molar-refractivity contribution >= 4 is 44.6 Å². The highest BCUT2D eigenvalue weighted by Crippen LogP contribution is 2.34. The Labute approximate surface area is 180 Å². The van der Waals surface area contributed by atoms with Crippen LogP contribution in [0, 0.1) is 6.92 Å². The molecular formula is C21H23ClN2O5S. The van der Waals surface area contributed by atoms with Gasteiger partial charge in [0, 0.05) is 6.07 Å². The van der Waals surface area contributed by atoms with Gasteiger partial charge in [-0.1, -0.05) is 42.3 Å². The summed E-state index contributed by atoms with van der Waals surface area (Å²) in [7, 11) is -3.92. The summed E-state index contributed by atoms with van der Waals surface area (Å²) in [6, 6.07) is 8.66. The summed E-state index contributed by atoms with van der Waals surface area (Å²) in [5.41, 5.74) is 0.983. The molecule has 0 aliphatic heterocycles. The molecule has 2 aromatic carbocycles. The van der Waals surface area contributed by atoms with E-state index in [1.54, 1.807) is 26.0 Å². The second-order valence-electron chi connectivity index (χ2n) is 6.58. The van der Waals surface area contributed by atoms with Crippen LogP contribution in [-0.2, 0) is 19.4 Å². The van der Waals surface area contributed by atoms with E-state index in [0.29, 0.717) is 0 Å². The van der Waals surface area contributed by atoms with Crippen molar-refractivity contribution in [3.63, 3.8) is 0 Å². The number of nitrogens with one attached hydrogen (secondary N) is 2. The van der Waals surface area contributed by atoms with E-state index in [4.69, 9.17) is 11.6 Å². The molecule has 0 saturated carbocycles. The zero-order valence-electron chi connectivity index (χ0n) is 16.8. The second-order valence-corrected chi connectivity index (χ2v) is 9.12. The molecule has 2 aromatic rings. The number of sulfone groups is 1. The van der Waals surface area contributed by atoms with Gasteiger partial charge >= 0.3 is 0 Å². The van der Waals surface area contributed by atoms with Crippen LogP contribution in [0.25, 0.3) is 0 Å². The van der Waals surface area contributed by atoms with Crippen LogP contribution in [0.3, 0.4) is 0 Å². The highest BCUT2D eigenvalue weighted by atomic mass is 35.5. The molecule has 0 heterocycles. The summed E-state index contributed by atoms with van der Waals surface area (Å²) in [4.78, 5) is 24.4. The fourth-order valence-electron chi connectivity index (χ4n) is 2.73. The standard InChI is InChI=1S/C21H23ClN2O5S/c1-4-6-20(26)23-17-11-15(22)16(12-18(17)25)24-21(27)19(5-2)30(28,29)14-9-7-13(3)8-10-14/h4,6-12,19,25H,5H2,1-3H3,(H,23,26)(H,24,27)/b6-4+. The van der Waals surface area contributed by atoms with E-state index in [1.165, 1.54) is 30.4 Å². The number of hydrogen-bond donors (Lipinski definition) is 3. The van der Waals surface area contributed by atoms with Crippen LogP contribution in [-0.4, -0.2) is 30.6 Å². The molecule has 0 aliphatic rings. The number of rotatable bonds is 7. The number of benzene rings is 2. The summed E-state index contributed by atoms with van der Waals surface area (Å²) in [6.07, 6.45) is 2.84. The molecule has 3 N–H and O–H groups in total. The Hall–Kier alpha value is -2.84. The highest BCUT2D eigenvalue weighted by molar-refractivity contribution is 7.92. The van der Waals surface area contributed by atoms with Gasteiger partial charge in [0.2, 0.25) is 11.8 Å². The predicted octanol–water partition coefficient (Wildman–Crippen LogP) is 4.06. The molecule has 2 amide bonds. The van der Waals surface area contributed by atoms with Crippen molar-refractivity contribution in [1.29, 1.82) is 0 Å². The molecule has 0 fully saturated rings. The Morgan fingerprint density at radius 3 is 2.33 bits per heavy atom. The molecule has 9 heteroatoms. The van der Waals surface area contributed by atoms with Crippen LogP contribution < -0.4 is 10.6 Å². The molecule has 1 unspecified atom stereocenters. The number of anilines is 2. The summed E-state index contributed by atoms with van der Waals surface area (Å²) in [6.45, 7) is 5.09. The third kappa shape index (κ3) is 5.40. The van der Waals surface area contributed by atoms with Gasteiger partial charge in [-0.05, 0) is 44.5 Å². The Balaban J connectivity index is 2.28. The van der Waals surface area contributed by atoms with Crippen molar-refractivity contribution < 1.29 is 23.1 Å². The van der Waals surface area contributed by atoms with Crippen molar-refractivity contribution in [2.45, 2.75) is 37.3 Å². The Morgan fingerprint density at radius 2 is 1.77 bits per heavy atom. The summed E-state index contributed by atoms with van der Waals surface area (Å²) >= 11 is 6.16. The van der Waals surface area contributed by atoms with Crippen LogP contribution in [0.1, 0.15) is 25.8 Å². The fraction of sp³-hybridized carbons (Fsp3) is 0.238. The molecule has 0 saturated heterocycles. The molecule has 0 aliphatic carbocycles. The number of phenolic OH excluding ortho intramolecular Hbond substituents is 1.